The van der Waals surface area contributed by atoms with Crippen molar-refractivity contribution in [2.75, 3.05) is 4.31 Å². The number of aromatic nitrogens is 1. The lowest BCUT2D eigenvalue weighted by molar-refractivity contribution is 0.590. The van der Waals surface area contributed by atoms with E-state index in [9.17, 15) is 8.42 Å². The van der Waals surface area contributed by atoms with E-state index in [1.165, 1.54) is 9.87 Å². The molecule has 138 valence electrons. The number of hydrogen-bond acceptors (Lipinski definition) is 3. The molecule has 1 aliphatic rings. The minimum absolute atomic E-state index is 0.203. The predicted molar refractivity (Wildman–Crippen MR) is 108 cm³/mol. The summed E-state index contributed by atoms with van der Waals surface area (Å²) in [6.45, 7) is 0.203. The number of fused-ring (bicyclic) bond motifs is 1. The molecule has 0 aliphatic heterocycles. The Kier molecular flexibility index (Phi) is 4.89. The molecule has 0 fully saturated rings. The maximum absolute atomic E-state index is 13.5. The first kappa shape index (κ1) is 18.0. The van der Waals surface area contributed by atoms with E-state index in [4.69, 9.17) is 11.6 Å². The van der Waals surface area contributed by atoms with Crippen LogP contribution in [-0.2, 0) is 29.4 Å². The number of nitrogens with zero attached hydrogens (tertiary/aromatic N) is 2. The van der Waals surface area contributed by atoms with E-state index >= 15 is 0 Å². The van der Waals surface area contributed by atoms with Crippen LogP contribution in [0.15, 0.2) is 71.9 Å². The molecule has 3 aromatic rings. The lowest BCUT2D eigenvalue weighted by Crippen LogP contribution is -2.30. The fraction of sp³-hybridized carbons (Fsp3) is 0.190. The second-order valence-electron chi connectivity index (χ2n) is 6.63. The minimum atomic E-state index is -3.72. The summed E-state index contributed by atoms with van der Waals surface area (Å²) in [5.74, 6) is 0. The van der Waals surface area contributed by atoms with Crippen molar-refractivity contribution in [2.24, 2.45) is 0 Å². The second kappa shape index (κ2) is 7.33. The highest BCUT2D eigenvalue weighted by atomic mass is 35.5. The number of aryl methyl sites for hydroxylation is 2. The van der Waals surface area contributed by atoms with Crippen molar-refractivity contribution in [2.45, 2.75) is 30.7 Å². The summed E-state index contributed by atoms with van der Waals surface area (Å²) in [5.41, 5.74) is 3.77. The van der Waals surface area contributed by atoms with Crippen molar-refractivity contribution in [1.82, 2.24) is 4.98 Å². The quantitative estimate of drug-likeness (QED) is 0.630. The zero-order valence-electron chi connectivity index (χ0n) is 14.7. The molecule has 6 heteroatoms. The topological polar surface area (TPSA) is 50.3 Å². The summed E-state index contributed by atoms with van der Waals surface area (Å²) in [6.07, 6.45) is 6.39. The molecule has 0 N–H and O–H groups in total. The summed E-state index contributed by atoms with van der Waals surface area (Å²) in [5, 5.41) is 0.565. The van der Waals surface area contributed by atoms with E-state index in [1.54, 1.807) is 48.8 Å². The summed E-state index contributed by atoms with van der Waals surface area (Å²) in [4.78, 5) is 4.43. The summed E-state index contributed by atoms with van der Waals surface area (Å²) in [7, 11) is -3.72. The Morgan fingerprint density at radius 3 is 2.52 bits per heavy atom. The van der Waals surface area contributed by atoms with Crippen molar-refractivity contribution >= 4 is 27.3 Å². The summed E-state index contributed by atoms with van der Waals surface area (Å²) in [6, 6.07) is 16.0. The van der Waals surface area contributed by atoms with Crippen molar-refractivity contribution in [1.29, 1.82) is 0 Å². The van der Waals surface area contributed by atoms with Crippen LogP contribution < -0.4 is 4.31 Å². The van der Waals surface area contributed by atoms with Crippen molar-refractivity contribution < 1.29 is 8.42 Å². The molecule has 0 saturated carbocycles. The lowest BCUT2D eigenvalue weighted by atomic mass is 10.1. The molecule has 27 heavy (non-hydrogen) atoms. The van der Waals surface area contributed by atoms with E-state index in [0.29, 0.717) is 15.6 Å². The maximum atomic E-state index is 13.5. The second-order valence-corrected chi connectivity index (χ2v) is 8.93. The molecule has 4 nitrogen and oxygen atoms in total. The smallest absolute Gasteiger partial charge is 0.264 e. The monoisotopic (exact) mass is 398 g/mol. The first-order chi connectivity index (χ1) is 13.0. The fourth-order valence-corrected chi connectivity index (χ4v) is 5.05. The van der Waals surface area contributed by atoms with Crippen LogP contribution in [0.25, 0.3) is 0 Å². The fourth-order valence-electron chi connectivity index (χ4n) is 3.42. The Balaban J connectivity index is 1.77. The van der Waals surface area contributed by atoms with Crippen LogP contribution in [0.5, 0.6) is 0 Å². The van der Waals surface area contributed by atoms with Gasteiger partial charge in [0.2, 0.25) is 0 Å². The Labute approximate surface area is 164 Å². The zero-order valence-corrected chi connectivity index (χ0v) is 16.2. The van der Waals surface area contributed by atoms with Crippen LogP contribution in [0.4, 0.5) is 5.69 Å². The number of sulfonamides is 1. The Morgan fingerprint density at radius 2 is 1.78 bits per heavy atom. The average molecular weight is 399 g/mol. The van der Waals surface area contributed by atoms with Gasteiger partial charge in [-0.25, -0.2) is 8.42 Å². The van der Waals surface area contributed by atoms with Gasteiger partial charge in [0.15, 0.2) is 0 Å². The van der Waals surface area contributed by atoms with E-state index < -0.39 is 10.0 Å². The number of anilines is 1. The molecule has 0 amide bonds. The zero-order chi connectivity index (χ0) is 18.9. The van der Waals surface area contributed by atoms with E-state index in [1.807, 2.05) is 18.2 Å². The van der Waals surface area contributed by atoms with Gasteiger partial charge in [0.05, 0.1) is 17.1 Å². The van der Waals surface area contributed by atoms with Crippen LogP contribution >= 0.6 is 11.6 Å². The number of halogens is 1. The molecule has 2 aromatic carbocycles. The normalized spacial score (nSPS) is 13.4. The summed E-state index contributed by atoms with van der Waals surface area (Å²) >= 11 is 5.99. The number of benzene rings is 2. The molecular weight excluding hydrogens is 380 g/mol. The van der Waals surface area contributed by atoms with Crippen molar-refractivity contribution in [3.63, 3.8) is 0 Å². The van der Waals surface area contributed by atoms with Gasteiger partial charge in [-0.3, -0.25) is 9.29 Å². The van der Waals surface area contributed by atoms with E-state index in [-0.39, 0.29) is 6.54 Å². The van der Waals surface area contributed by atoms with Gasteiger partial charge in [-0.15, -0.1) is 0 Å². The lowest BCUT2D eigenvalue weighted by Gasteiger charge is -2.25. The molecule has 1 heterocycles. The molecule has 0 unspecified atom stereocenters. The summed E-state index contributed by atoms with van der Waals surface area (Å²) < 4.78 is 28.4. The first-order valence-electron chi connectivity index (χ1n) is 8.83. The first-order valence-corrected chi connectivity index (χ1v) is 10.6. The number of pyridine rings is 1. The highest BCUT2D eigenvalue weighted by molar-refractivity contribution is 7.92. The van der Waals surface area contributed by atoms with Crippen LogP contribution in [0.3, 0.4) is 0 Å². The van der Waals surface area contributed by atoms with Gasteiger partial charge < -0.3 is 0 Å². The number of rotatable bonds is 5. The van der Waals surface area contributed by atoms with Crippen LogP contribution in [0, 0.1) is 0 Å². The maximum Gasteiger partial charge on any atom is 0.264 e. The van der Waals surface area contributed by atoms with Gasteiger partial charge in [-0.1, -0.05) is 23.7 Å². The van der Waals surface area contributed by atoms with Crippen molar-refractivity contribution in [3.05, 3.63) is 88.7 Å². The molecule has 0 radical (unpaired) electrons. The third kappa shape index (κ3) is 3.70. The Morgan fingerprint density at radius 1 is 1.00 bits per heavy atom. The highest BCUT2D eigenvalue weighted by Gasteiger charge is 2.27. The Bertz CT molecular complexity index is 1050. The minimum Gasteiger partial charge on any atom is -0.264 e. The molecule has 4 rings (SSSR count). The molecule has 0 saturated heterocycles. The Hall–Kier alpha value is -2.37. The van der Waals surface area contributed by atoms with Gasteiger partial charge in [-0.2, -0.15) is 0 Å². The third-order valence-electron chi connectivity index (χ3n) is 4.82. The van der Waals surface area contributed by atoms with Crippen LogP contribution in [-0.4, -0.2) is 13.4 Å². The van der Waals surface area contributed by atoms with E-state index in [2.05, 4.69) is 4.98 Å². The van der Waals surface area contributed by atoms with Crippen LogP contribution in [0.2, 0.25) is 5.02 Å². The van der Waals surface area contributed by atoms with Gasteiger partial charge in [0, 0.05) is 17.4 Å². The van der Waals surface area contributed by atoms with Crippen molar-refractivity contribution in [3.8, 4) is 0 Å². The van der Waals surface area contributed by atoms with E-state index in [0.717, 1.165) is 30.4 Å². The van der Waals surface area contributed by atoms with Gasteiger partial charge in [-0.05, 0) is 78.4 Å². The average Bonchev–Trinajstić information content (AvgIpc) is 3.15. The molecule has 1 aromatic heterocycles. The molecule has 0 bridgehead atoms. The predicted octanol–water partition coefficient (Wildman–Crippen LogP) is 4.62. The standard InChI is InChI=1S/C21H19ClN2O2S/c22-19-7-9-20(10-8-19)24(15-16-3-2-12-23-14-16)27(25,26)21-11-6-17-4-1-5-18(17)13-21/h2-3,6-14H,1,4-5,15H2. The highest BCUT2D eigenvalue weighted by Crippen LogP contribution is 2.30. The van der Waals surface area contributed by atoms with Gasteiger partial charge in [0.25, 0.3) is 10.0 Å². The molecule has 1 aliphatic carbocycles. The third-order valence-corrected chi connectivity index (χ3v) is 6.84. The SMILES string of the molecule is O=S(=O)(c1ccc2c(c1)CCC2)N(Cc1cccnc1)c1ccc(Cl)cc1. The largest absolute Gasteiger partial charge is 0.264 e. The molecule has 0 spiro atoms. The molecule has 0 atom stereocenters. The van der Waals surface area contributed by atoms with Gasteiger partial charge >= 0.3 is 0 Å². The number of hydrogen-bond donors (Lipinski definition) is 0. The van der Waals surface area contributed by atoms with Crippen LogP contribution in [0.1, 0.15) is 23.1 Å². The van der Waals surface area contributed by atoms with Gasteiger partial charge in [0.1, 0.15) is 0 Å². The molecular formula is C21H19ClN2O2S.